The summed E-state index contributed by atoms with van der Waals surface area (Å²) in [6.07, 6.45) is 0.376. The van der Waals surface area contributed by atoms with E-state index < -0.39 is 12.0 Å². The predicted octanol–water partition coefficient (Wildman–Crippen LogP) is 1.24. The molecule has 1 atom stereocenters. The first-order valence-electron chi connectivity index (χ1n) is 3.99. The van der Waals surface area contributed by atoms with Gasteiger partial charge in [0.2, 0.25) is 6.08 Å². The van der Waals surface area contributed by atoms with Crippen molar-refractivity contribution in [3.63, 3.8) is 0 Å². The number of ether oxygens (including phenoxy) is 1. The highest BCUT2D eigenvalue weighted by molar-refractivity contribution is 5.86. The van der Waals surface area contributed by atoms with E-state index in [0.717, 1.165) is 0 Å². The largest absolute Gasteiger partial charge is 0.367 e. The summed E-state index contributed by atoms with van der Waals surface area (Å²) in [7, 11) is 1.38. The minimum Gasteiger partial charge on any atom is -0.367 e. The third-order valence-corrected chi connectivity index (χ3v) is 1.72. The average molecular weight is 191 g/mol. The molecule has 1 unspecified atom stereocenters. The summed E-state index contributed by atoms with van der Waals surface area (Å²) in [5, 5.41) is 0. The number of carbonyl (C=O) groups excluding carboxylic acids is 2. The molecule has 0 aliphatic heterocycles. The van der Waals surface area contributed by atoms with Gasteiger partial charge in [-0.1, -0.05) is 30.3 Å². The van der Waals surface area contributed by atoms with Crippen LogP contribution in [0.5, 0.6) is 0 Å². The molecule has 0 N–H and O–H groups in total. The Labute approximate surface area is 81.2 Å². The SMILES string of the molecule is COC(C(=O)N=C=O)c1ccccc1. The topological polar surface area (TPSA) is 55.7 Å². The number of aliphatic imine (C=N–C) groups is 1. The Kier molecular flexibility index (Phi) is 3.73. The van der Waals surface area contributed by atoms with Crippen molar-refractivity contribution in [2.45, 2.75) is 6.10 Å². The third-order valence-electron chi connectivity index (χ3n) is 1.72. The van der Waals surface area contributed by atoms with Crippen molar-refractivity contribution in [3.05, 3.63) is 35.9 Å². The number of hydrogen-bond donors (Lipinski definition) is 0. The van der Waals surface area contributed by atoms with E-state index in [1.54, 1.807) is 24.3 Å². The number of methoxy groups -OCH3 is 1. The Morgan fingerprint density at radius 1 is 1.43 bits per heavy atom. The van der Waals surface area contributed by atoms with Crippen LogP contribution in [0.3, 0.4) is 0 Å². The Morgan fingerprint density at radius 3 is 2.57 bits per heavy atom. The van der Waals surface area contributed by atoms with E-state index >= 15 is 0 Å². The second kappa shape index (κ2) is 5.07. The van der Waals surface area contributed by atoms with Crippen molar-refractivity contribution in [3.8, 4) is 0 Å². The maximum atomic E-state index is 11.2. The number of carbonyl (C=O) groups is 1. The highest BCUT2D eigenvalue weighted by Gasteiger charge is 2.18. The highest BCUT2D eigenvalue weighted by atomic mass is 16.5. The standard InChI is InChI=1S/C10H9NO3/c1-14-9(10(13)11-7-12)8-5-3-2-4-6-8/h2-6,9H,1H3. The highest BCUT2D eigenvalue weighted by Crippen LogP contribution is 2.17. The van der Waals surface area contributed by atoms with Gasteiger partial charge in [0.1, 0.15) is 0 Å². The molecule has 0 radical (unpaired) electrons. The number of hydrogen-bond acceptors (Lipinski definition) is 3. The molecule has 1 rings (SSSR count). The summed E-state index contributed by atoms with van der Waals surface area (Å²) in [5.74, 6) is -0.645. The fourth-order valence-electron chi connectivity index (χ4n) is 1.11. The monoisotopic (exact) mass is 191 g/mol. The van der Waals surface area contributed by atoms with E-state index in [2.05, 4.69) is 4.99 Å². The van der Waals surface area contributed by atoms with E-state index in [0.29, 0.717) is 5.56 Å². The van der Waals surface area contributed by atoms with Crippen molar-refractivity contribution in [2.24, 2.45) is 4.99 Å². The van der Waals surface area contributed by atoms with E-state index in [1.807, 2.05) is 6.07 Å². The lowest BCUT2D eigenvalue weighted by Gasteiger charge is -2.09. The van der Waals surface area contributed by atoms with Gasteiger partial charge in [-0.15, -0.1) is 4.99 Å². The predicted molar refractivity (Wildman–Crippen MR) is 49.3 cm³/mol. The molecule has 0 aliphatic carbocycles. The third kappa shape index (κ3) is 2.36. The second-order valence-electron chi connectivity index (χ2n) is 2.57. The lowest BCUT2D eigenvalue weighted by Crippen LogP contribution is -2.11. The number of nitrogens with zero attached hydrogens (tertiary/aromatic N) is 1. The van der Waals surface area contributed by atoms with Crippen molar-refractivity contribution < 1.29 is 14.3 Å². The number of benzene rings is 1. The average Bonchev–Trinajstić information content (AvgIpc) is 2.21. The molecular weight excluding hydrogens is 182 g/mol. The molecule has 14 heavy (non-hydrogen) atoms. The first-order valence-corrected chi connectivity index (χ1v) is 3.99. The van der Waals surface area contributed by atoms with Gasteiger partial charge >= 0.3 is 0 Å². The van der Waals surface area contributed by atoms with Crippen LogP contribution in [0.15, 0.2) is 35.3 Å². The molecule has 0 saturated heterocycles. The Hall–Kier alpha value is -1.77. The summed E-state index contributed by atoms with van der Waals surface area (Å²) in [6, 6.07) is 8.83. The molecule has 0 fully saturated rings. The van der Waals surface area contributed by atoms with Crippen LogP contribution in [-0.2, 0) is 14.3 Å². The molecule has 4 nitrogen and oxygen atoms in total. The summed E-state index contributed by atoms with van der Waals surface area (Å²) >= 11 is 0. The summed E-state index contributed by atoms with van der Waals surface area (Å²) in [5.41, 5.74) is 0.666. The van der Waals surface area contributed by atoms with Gasteiger partial charge in [0.05, 0.1) is 0 Å². The number of amides is 1. The molecule has 72 valence electrons. The lowest BCUT2D eigenvalue weighted by atomic mass is 10.1. The molecule has 0 bridgehead atoms. The van der Waals surface area contributed by atoms with E-state index in [4.69, 9.17) is 4.74 Å². The summed E-state index contributed by atoms with van der Waals surface area (Å²) < 4.78 is 4.93. The van der Waals surface area contributed by atoms with Gasteiger partial charge in [-0.2, -0.15) is 0 Å². The lowest BCUT2D eigenvalue weighted by molar-refractivity contribution is -0.127. The van der Waals surface area contributed by atoms with Gasteiger partial charge in [-0.25, -0.2) is 4.79 Å². The van der Waals surface area contributed by atoms with Gasteiger partial charge in [0, 0.05) is 7.11 Å². The summed E-state index contributed by atoms with van der Waals surface area (Å²) in [6.45, 7) is 0. The van der Waals surface area contributed by atoms with Crippen LogP contribution < -0.4 is 0 Å². The molecule has 0 saturated carbocycles. The first kappa shape index (κ1) is 10.3. The van der Waals surface area contributed by atoms with Crippen LogP contribution in [0, 0.1) is 0 Å². The van der Waals surface area contributed by atoms with Crippen molar-refractivity contribution in [1.29, 1.82) is 0 Å². The first-order chi connectivity index (χ1) is 6.79. The number of rotatable bonds is 3. The molecule has 0 heterocycles. The Morgan fingerprint density at radius 2 is 2.07 bits per heavy atom. The van der Waals surface area contributed by atoms with Crippen LogP contribution in [0.1, 0.15) is 11.7 Å². The van der Waals surface area contributed by atoms with Gasteiger partial charge in [-0.05, 0) is 5.56 Å². The maximum Gasteiger partial charge on any atom is 0.290 e. The molecule has 0 aromatic heterocycles. The molecule has 1 aromatic carbocycles. The van der Waals surface area contributed by atoms with Crippen molar-refractivity contribution in [2.75, 3.05) is 7.11 Å². The van der Waals surface area contributed by atoms with E-state index in [1.165, 1.54) is 13.2 Å². The smallest absolute Gasteiger partial charge is 0.290 e. The molecular formula is C10H9NO3. The minimum absolute atomic E-state index is 0.645. The van der Waals surface area contributed by atoms with Crippen molar-refractivity contribution in [1.82, 2.24) is 0 Å². The number of isocyanates is 1. The molecule has 0 spiro atoms. The van der Waals surface area contributed by atoms with Gasteiger partial charge < -0.3 is 4.74 Å². The van der Waals surface area contributed by atoms with Crippen molar-refractivity contribution >= 4 is 12.0 Å². The fourth-order valence-corrected chi connectivity index (χ4v) is 1.11. The Balaban J connectivity index is 2.93. The minimum atomic E-state index is -0.822. The zero-order chi connectivity index (χ0) is 10.4. The molecule has 4 heteroatoms. The van der Waals surface area contributed by atoms with E-state index in [9.17, 15) is 9.59 Å². The zero-order valence-corrected chi connectivity index (χ0v) is 7.64. The van der Waals surface area contributed by atoms with Gasteiger partial charge in [0.15, 0.2) is 6.10 Å². The van der Waals surface area contributed by atoms with Crippen LogP contribution in [0.2, 0.25) is 0 Å². The summed E-state index contributed by atoms with van der Waals surface area (Å²) in [4.78, 5) is 24.1. The van der Waals surface area contributed by atoms with Gasteiger partial charge in [0.25, 0.3) is 5.91 Å². The fraction of sp³-hybridized carbons (Fsp3) is 0.200. The molecule has 1 aromatic rings. The van der Waals surface area contributed by atoms with Crippen LogP contribution >= 0.6 is 0 Å². The second-order valence-corrected chi connectivity index (χ2v) is 2.57. The normalized spacial score (nSPS) is 11.5. The molecule has 0 aliphatic rings. The van der Waals surface area contributed by atoms with E-state index in [-0.39, 0.29) is 0 Å². The van der Waals surface area contributed by atoms with Gasteiger partial charge in [-0.3, -0.25) is 4.79 Å². The molecule has 1 amide bonds. The quantitative estimate of drug-likeness (QED) is 0.533. The van der Waals surface area contributed by atoms with Crippen LogP contribution in [0.25, 0.3) is 0 Å². The maximum absolute atomic E-state index is 11.2. The van der Waals surface area contributed by atoms with Crippen LogP contribution in [0.4, 0.5) is 0 Å². The van der Waals surface area contributed by atoms with Crippen LogP contribution in [-0.4, -0.2) is 19.1 Å². The Bertz CT molecular complexity index is 355. The zero-order valence-electron chi connectivity index (χ0n) is 7.64.